The van der Waals surface area contributed by atoms with Crippen LogP contribution in [0, 0.1) is 0 Å². The van der Waals surface area contributed by atoms with Crippen LogP contribution in [0.4, 0.5) is 0 Å². The van der Waals surface area contributed by atoms with Gasteiger partial charge in [-0.1, -0.05) is 35.5 Å². The fraction of sp³-hybridized carbons (Fsp3) is 0.263. The van der Waals surface area contributed by atoms with Crippen LogP contribution in [0.25, 0.3) is 5.69 Å². The molecular formula is C19H20ClN5O3S. The number of hydrogen-bond acceptors (Lipinski definition) is 7. The molecule has 2 aromatic carbocycles. The van der Waals surface area contributed by atoms with Gasteiger partial charge in [0.15, 0.2) is 11.5 Å². The third kappa shape index (κ3) is 4.99. The molecule has 152 valence electrons. The largest absolute Gasteiger partial charge is 0.493 e. The standard InChI is InChI=1S/C19H20ClN5O3S/c1-24(11-13-5-4-6-16(27-2)18(13)28-3)17(26)12-29-19-21-22-23-25(19)15-9-7-14(20)8-10-15/h4-10H,11-12H2,1-3H3. The molecule has 0 saturated carbocycles. The average Bonchev–Trinajstić information content (AvgIpc) is 3.20. The van der Waals surface area contributed by atoms with Gasteiger partial charge in [0, 0.05) is 24.2 Å². The molecule has 0 saturated heterocycles. The van der Waals surface area contributed by atoms with E-state index in [9.17, 15) is 4.79 Å². The van der Waals surface area contributed by atoms with E-state index in [2.05, 4.69) is 15.5 Å². The van der Waals surface area contributed by atoms with Crippen molar-refractivity contribution in [1.29, 1.82) is 0 Å². The number of amides is 1. The summed E-state index contributed by atoms with van der Waals surface area (Å²) in [4.78, 5) is 14.3. The van der Waals surface area contributed by atoms with Crippen molar-refractivity contribution in [3.63, 3.8) is 0 Å². The van der Waals surface area contributed by atoms with Crippen LogP contribution in [-0.2, 0) is 11.3 Å². The maximum Gasteiger partial charge on any atom is 0.233 e. The summed E-state index contributed by atoms with van der Waals surface area (Å²) < 4.78 is 12.3. The molecule has 0 unspecified atom stereocenters. The van der Waals surface area contributed by atoms with Crippen LogP contribution in [0.3, 0.4) is 0 Å². The van der Waals surface area contributed by atoms with Crippen molar-refractivity contribution in [2.45, 2.75) is 11.7 Å². The summed E-state index contributed by atoms with van der Waals surface area (Å²) in [7, 11) is 4.90. The zero-order valence-electron chi connectivity index (χ0n) is 16.2. The van der Waals surface area contributed by atoms with Crippen molar-refractivity contribution in [3.05, 3.63) is 53.1 Å². The molecule has 0 radical (unpaired) electrons. The number of benzene rings is 2. The Morgan fingerprint density at radius 1 is 1.17 bits per heavy atom. The Hall–Kier alpha value is -2.78. The Morgan fingerprint density at radius 3 is 2.62 bits per heavy atom. The van der Waals surface area contributed by atoms with E-state index in [-0.39, 0.29) is 11.7 Å². The number of carbonyl (C=O) groups is 1. The quantitative estimate of drug-likeness (QED) is 0.505. The van der Waals surface area contributed by atoms with Crippen LogP contribution in [0.1, 0.15) is 5.56 Å². The molecule has 0 bridgehead atoms. The molecule has 8 nitrogen and oxygen atoms in total. The minimum atomic E-state index is -0.0643. The Labute approximate surface area is 177 Å². The van der Waals surface area contributed by atoms with E-state index in [4.69, 9.17) is 21.1 Å². The van der Waals surface area contributed by atoms with Crippen molar-refractivity contribution in [3.8, 4) is 17.2 Å². The van der Waals surface area contributed by atoms with Crippen molar-refractivity contribution in [2.75, 3.05) is 27.0 Å². The zero-order chi connectivity index (χ0) is 20.8. The minimum absolute atomic E-state index is 0.0643. The van der Waals surface area contributed by atoms with E-state index in [1.807, 2.05) is 30.3 Å². The topological polar surface area (TPSA) is 82.4 Å². The number of carbonyl (C=O) groups excluding carboxylic acids is 1. The molecule has 0 spiro atoms. The number of thioether (sulfide) groups is 1. The van der Waals surface area contributed by atoms with E-state index in [0.29, 0.717) is 28.2 Å². The highest BCUT2D eigenvalue weighted by atomic mass is 35.5. The maximum absolute atomic E-state index is 12.6. The fourth-order valence-corrected chi connectivity index (χ4v) is 3.63. The third-order valence-electron chi connectivity index (χ3n) is 4.15. The monoisotopic (exact) mass is 433 g/mol. The van der Waals surface area contributed by atoms with Crippen LogP contribution in [0.15, 0.2) is 47.6 Å². The van der Waals surface area contributed by atoms with E-state index in [0.717, 1.165) is 11.3 Å². The lowest BCUT2D eigenvalue weighted by atomic mass is 10.1. The first-order valence-corrected chi connectivity index (χ1v) is 10.0. The minimum Gasteiger partial charge on any atom is -0.493 e. The molecule has 0 N–H and O–H groups in total. The number of para-hydroxylation sites is 1. The van der Waals surface area contributed by atoms with E-state index < -0.39 is 0 Å². The van der Waals surface area contributed by atoms with Gasteiger partial charge in [-0.25, -0.2) is 0 Å². The predicted octanol–water partition coefficient (Wildman–Crippen LogP) is 3.08. The maximum atomic E-state index is 12.6. The van der Waals surface area contributed by atoms with Gasteiger partial charge in [0.1, 0.15) is 0 Å². The molecule has 0 aliphatic heterocycles. The van der Waals surface area contributed by atoms with Gasteiger partial charge in [-0.05, 0) is 40.8 Å². The molecule has 1 amide bonds. The van der Waals surface area contributed by atoms with Gasteiger partial charge in [-0.2, -0.15) is 4.68 Å². The smallest absolute Gasteiger partial charge is 0.233 e. The van der Waals surface area contributed by atoms with Gasteiger partial charge in [0.25, 0.3) is 0 Å². The number of methoxy groups -OCH3 is 2. The molecule has 29 heavy (non-hydrogen) atoms. The Bertz CT molecular complexity index is 980. The van der Waals surface area contributed by atoms with Gasteiger partial charge in [0.2, 0.25) is 11.1 Å². The molecule has 3 aromatic rings. The third-order valence-corrected chi connectivity index (χ3v) is 5.31. The van der Waals surface area contributed by atoms with Gasteiger partial charge < -0.3 is 14.4 Å². The molecule has 0 aliphatic rings. The summed E-state index contributed by atoms with van der Waals surface area (Å²) in [6, 6.07) is 12.7. The van der Waals surface area contributed by atoms with Gasteiger partial charge >= 0.3 is 0 Å². The van der Waals surface area contributed by atoms with E-state index in [1.165, 1.54) is 11.8 Å². The Balaban J connectivity index is 1.65. The molecule has 3 rings (SSSR count). The van der Waals surface area contributed by atoms with Crippen LogP contribution in [0.5, 0.6) is 11.5 Å². The number of aromatic nitrogens is 4. The van der Waals surface area contributed by atoms with Gasteiger partial charge in [-0.3, -0.25) is 4.79 Å². The van der Waals surface area contributed by atoms with Crippen molar-refractivity contribution < 1.29 is 14.3 Å². The van der Waals surface area contributed by atoms with Gasteiger partial charge in [-0.15, -0.1) is 5.10 Å². The second-order valence-electron chi connectivity index (χ2n) is 6.04. The van der Waals surface area contributed by atoms with Gasteiger partial charge in [0.05, 0.1) is 25.7 Å². The molecular weight excluding hydrogens is 414 g/mol. The number of tetrazole rings is 1. The fourth-order valence-electron chi connectivity index (χ4n) is 2.67. The molecule has 0 fully saturated rings. The predicted molar refractivity (Wildman–Crippen MR) is 111 cm³/mol. The van der Waals surface area contributed by atoms with E-state index >= 15 is 0 Å². The lowest BCUT2D eigenvalue weighted by molar-refractivity contribution is -0.127. The molecule has 10 heteroatoms. The lowest BCUT2D eigenvalue weighted by Gasteiger charge is -2.19. The number of hydrogen-bond donors (Lipinski definition) is 0. The Kier molecular flexibility index (Phi) is 6.95. The second kappa shape index (κ2) is 9.62. The number of halogens is 1. The summed E-state index contributed by atoms with van der Waals surface area (Å²) in [6.45, 7) is 0.391. The van der Waals surface area contributed by atoms with Crippen LogP contribution in [-0.4, -0.2) is 58.0 Å². The lowest BCUT2D eigenvalue weighted by Crippen LogP contribution is -2.28. The zero-order valence-corrected chi connectivity index (χ0v) is 17.8. The van der Waals surface area contributed by atoms with Crippen molar-refractivity contribution in [2.24, 2.45) is 0 Å². The highest BCUT2D eigenvalue weighted by Crippen LogP contribution is 2.31. The average molecular weight is 434 g/mol. The second-order valence-corrected chi connectivity index (χ2v) is 7.42. The van der Waals surface area contributed by atoms with E-state index in [1.54, 1.807) is 43.0 Å². The van der Waals surface area contributed by atoms with Crippen LogP contribution >= 0.6 is 23.4 Å². The summed E-state index contributed by atoms with van der Waals surface area (Å²) >= 11 is 7.19. The van der Waals surface area contributed by atoms with Crippen molar-refractivity contribution in [1.82, 2.24) is 25.1 Å². The highest BCUT2D eigenvalue weighted by molar-refractivity contribution is 7.99. The number of ether oxygens (including phenoxy) is 2. The molecule has 1 aromatic heterocycles. The molecule has 0 aliphatic carbocycles. The molecule has 1 heterocycles. The first kappa shape index (κ1) is 20.9. The highest BCUT2D eigenvalue weighted by Gasteiger charge is 2.17. The summed E-state index contributed by atoms with van der Waals surface area (Å²) in [5, 5.41) is 12.8. The summed E-state index contributed by atoms with van der Waals surface area (Å²) in [6.07, 6.45) is 0. The normalized spacial score (nSPS) is 10.6. The van der Waals surface area contributed by atoms with Crippen molar-refractivity contribution >= 4 is 29.3 Å². The SMILES string of the molecule is COc1cccc(CN(C)C(=O)CSc2nnnn2-c2ccc(Cl)cc2)c1OC. The summed E-state index contributed by atoms with van der Waals surface area (Å²) in [5.41, 5.74) is 1.63. The first-order chi connectivity index (χ1) is 14.0. The van der Waals surface area contributed by atoms with Crippen LogP contribution in [0.2, 0.25) is 5.02 Å². The summed E-state index contributed by atoms with van der Waals surface area (Å²) in [5.74, 6) is 1.37. The Morgan fingerprint density at radius 2 is 1.93 bits per heavy atom. The number of rotatable bonds is 8. The first-order valence-electron chi connectivity index (χ1n) is 8.64. The number of nitrogens with zero attached hydrogens (tertiary/aromatic N) is 5. The van der Waals surface area contributed by atoms with Crippen LogP contribution < -0.4 is 9.47 Å². The molecule has 0 atom stereocenters.